The number of unbranched alkanes of at least 4 members (excludes halogenated alkanes) is 2. The number of aliphatic hydroxyl groups excluding tert-OH is 1. The third-order valence-electron chi connectivity index (χ3n) is 2.20. The summed E-state index contributed by atoms with van der Waals surface area (Å²) in [6.45, 7) is 2.52. The first-order valence-corrected chi connectivity index (χ1v) is 6.81. The summed E-state index contributed by atoms with van der Waals surface area (Å²) in [7, 11) is -9.55. The molecule has 0 aliphatic carbocycles. The van der Waals surface area contributed by atoms with Crippen molar-refractivity contribution in [3.63, 3.8) is 0 Å². The summed E-state index contributed by atoms with van der Waals surface area (Å²) in [6.07, 6.45) is -1.61. The molecule has 96 valence electrons. The molecular formula is C8H17F5OS. The minimum Gasteiger partial charge on any atom is -0.392 e. The lowest BCUT2D eigenvalue weighted by Gasteiger charge is -2.48. The van der Waals surface area contributed by atoms with Gasteiger partial charge in [0.1, 0.15) is 5.25 Å². The Hall–Kier alpha value is -0.0400. The fourth-order valence-corrected chi connectivity index (χ4v) is 2.79. The van der Waals surface area contributed by atoms with Crippen LogP contribution in [0.2, 0.25) is 0 Å². The van der Waals surface area contributed by atoms with Crippen LogP contribution in [0, 0.1) is 0 Å². The minimum atomic E-state index is -9.55. The van der Waals surface area contributed by atoms with Gasteiger partial charge in [-0.05, 0) is 13.3 Å². The van der Waals surface area contributed by atoms with Gasteiger partial charge in [0.25, 0.3) is 10.2 Å². The Labute approximate surface area is 86.4 Å². The molecule has 7 heteroatoms. The first-order valence-electron chi connectivity index (χ1n) is 4.79. The number of halogens is 5. The van der Waals surface area contributed by atoms with Gasteiger partial charge in [-0.2, -0.15) is 0 Å². The predicted octanol–water partition coefficient (Wildman–Crippen LogP) is 4.61. The first-order chi connectivity index (χ1) is 6.38. The average molecular weight is 256 g/mol. The Bertz CT molecular complexity index is 208. The zero-order valence-electron chi connectivity index (χ0n) is 8.73. The largest absolute Gasteiger partial charge is 0.392 e. The molecule has 0 bridgehead atoms. The highest BCUT2D eigenvalue weighted by atomic mass is 32.5. The molecule has 0 aliphatic rings. The van der Waals surface area contributed by atoms with Crippen LogP contribution in [0.3, 0.4) is 0 Å². The molecule has 0 rings (SSSR count). The highest BCUT2D eigenvalue weighted by Gasteiger charge is 2.70. The van der Waals surface area contributed by atoms with Crippen molar-refractivity contribution in [2.75, 3.05) is 0 Å². The maximum atomic E-state index is 12.4. The maximum Gasteiger partial charge on any atom is 0.290 e. The van der Waals surface area contributed by atoms with E-state index in [4.69, 9.17) is 5.11 Å². The summed E-state index contributed by atoms with van der Waals surface area (Å²) in [5.74, 6) is 0. The summed E-state index contributed by atoms with van der Waals surface area (Å²) in [4.78, 5) is 0. The number of rotatable bonds is 6. The molecule has 2 unspecified atom stereocenters. The molecule has 0 radical (unpaired) electrons. The molecule has 0 aromatic rings. The van der Waals surface area contributed by atoms with E-state index in [1.165, 1.54) is 0 Å². The van der Waals surface area contributed by atoms with Crippen LogP contribution in [-0.4, -0.2) is 16.5 Å². The van der Waals surface area contributed by atoms with Crippen molar-refractivity contribution in [2.24, 2.45) is 0 Å². The topological polar surface area (TPSA) is 20.2 Å². The number of aliphatic hydroxyl groups is 1. The smallest absolute Gasteiger partial charge is 0.290 e. The fourth-order valence-electron chi connectivity index (χ4n) is 1.43. The van der Waals surface area contributed by atoms with Crippen LogP contribution in [0.1, 0.15) is 39.5 Å². The van der Waals surface area contributed by atoms with Crippen LogP contribution in [0.5, 0.6) is 0 Å². The van der Waals surface area contributed by atoms with Gasteiger partial charge in [0.15, 0.2) is 0 Å². The standard InChI is InChI=1S/C8H17F5OS/c1-3-4-5-6-8(7(2)14)15(9,10,11,12)13/h7-8,14H,3-6H2,1-2H3. The normalized spacial score (nSPS) is 21.6. The van der Waals surface area contributed by atoms with Crippen LogP contribution in [0.15, 0.2) is 0 Å². The lowest BCUT2D eigenvalue weighted by Crippen LogP contribution is -2.34. The Kier molecular flexibility index (Phi) is 3.75. The summed E-state index contributed by atoms with van der Waals surface area (Å²) < 4.78 is 62.0. The minimum absolute atomic E-state index is 0.0532. The number of hydrogen-bond donors (Lipinski definition) is 1. The molecule has 0 heterocycles. The molecular weight excluding hydrogens is 239 g/mol. The average Bonchev–Trinajstić information content (AvgIpc) is 1.91. The second-order valence-electron chi connectivity index (χ2n) is 3.80. The van der Waals surface area contributed by atoms with Gasteiger partial charge in [-0.3, -0.25) is 0 Å². The second-order valence-corrected chi connectivity index (χ2v) is 6.47. The molecule has 0 aromatic carbocycles. The van der Waals surface area contributed by atoms with Gasteiger partial charge in [-0.25, -0.2) is 0 Å². The van der Waals surface area contributed by atoms with Crippen LogP contribution in [0.25, 0.3) is 0 Å². The van der Waals surface area contributed by atoms with Gasteiger partial charge in [0, 0.05) is 0 Å². The Morgan fingerprint density at radius 2 is 1.53 bits per heavy atom. The van der Waals surface area contributed by atoms with Crippen molar-refractivity contribution < 1.29 is 24.5 Å². The monoisotopic (exact) mass is 256 g/mol. The molecule has 0 fully saturated rings. The zero-order chi connectivity index (χ0) is 12.4. The van der Waals surface area contributed by atoms with E-state index in [9.17, 15) is 19.4 Å². The van der Waals surface area contributed by atoms with Crippen LogP contribution in [0.4, 0.5) is 19.4 Å². The molecule has 0 aromatic heterocycles. The molecule has 1 N–H and O–H groups in total. The molecule has 0 saturated heterocycles. The number of hydrogen-bond acceptors (Lipinski definition) is 1. The van der Waals surface area contributed by atoms with Crippen LogP contribution >= 0.6 is 10.2 Å². The van der Waals surface area contributed by atoms with Gasteiger partial charge >= 0.3 is 0 Å². The summed E-state index contributed by atoms with van der Waals surface area (Å²) in [5.41, 5.74) is 0. The van der Waals surface area contributed by atoms with Crippen molar-refractivity contribution in [2.45, 2.75) is 50.9 Å². The van der Waals surface area contributed by atoms with Crippen molar-refractivity contribution in [3.05, 3.63) is 0 Å². The van der Waals surface area contributed by atoms with Crippen molar-refractivity contribution in [1.82, 2.24) is 0 Å². The molecule has 0 amide bonds. The molecule has 1 nitrogen and oxygen atoms in total. The predicted molar refractivity (Wildman–Crippen MR) is 52.7 cm³/mol. The van der Waals surface area contributed by atoms with Crippen LogP contribution in [-0.2, 0) is 0 Å². The lowest BCUT2D eigenvalue weighted by molar-refractivity contribution is 0.160. The third-order valence-corrected chi connectivity index (χ3v) is 3.98. The van der Waals surface area contributed by atoms with E-state index in [0.717, 1.165) is 6.92 Å². The summed E-state index contributed by atoms with van der Waals surface area (Å²) in [5, 5.41) is 5.93. The first kappa shape index (κ1) is 15.0. The van der Waals surface area contributed by atoms with E-state index in [2.05, 4.69) is 0 Å². The maximum absolute atomic E-state index is 12.4. The highest BCUT2D eigenvalue weighted by molar-refractivity contribution is 8.46. The zero-order valence-corrected chi connectivity index (χ0v) is 9.54. The van der Waals surface area contributed by atoms with Gasteiger partial charge in [0.05, 0.1) is 6.10 Å². The van der Waals surface area contributed by atoms with E-state index in [1.54, 1.807) is 6.92 Å². The van der Waals surface area contributed by atoms with Crippen molar-refractivity contribution in [1.29, 1.82) is 0 Å². The van der Waals surface area contributed by atoms with Crippen molar-refractivity contribution >= 4 is 10.2 Å². The van der Waals surface area contributed by atoms with Gasteiger partial charge in [-0.1, -0.05) is 45.6 Å². The molecule has 0 aliphatic heterocycles. The fraction of sp³-hybridized carbons (Fsp3) is 1.00. The van der Waals surface area contributed by atoms with E-state index in [-0.39, 0.29) is 6.42 Å². The quantitative estimate of drug-likeness (QED) is 0.543. The Morgan fingerprint density at radius 3 is 1.80 bits per heavy atom. The van der Waals surface area contributed by atoms with Gasteiger partial charge in [-0.15, -0.1) is 0 Å². The lowest BCUT2D eigenvalue weighted by atomic mass is 10.1. The Balaban J connectivity index is 4.71. The second kappa shape index (κ2) is 3.76. The van der Waals surface area contributed by atoms with Gasteiger partial charge < -0.3 is 5.11 Å². The Morgan fingerprint density at radius 1 is 1.07 bits per heavy atom. The van der Waals surface area contributed by atoms with Crippen LogP contribution < -0.4 is 0 Å². The molecule has 15 heavy (non-hydrogen) atoms. The molecule has 2 atom stereocenters. The highest BCUT2D eigenvalue weighted by Crippen LogP contribution is 3.01. The van der Waals surface area contributed by atoms with E-state index in [1.807, 2.05) is 0 Å². The summed E-state index contributed by atoms with van der Waals surface area (Å²) in [6, 6.07) is 0. The summed E-state index contributed by atoms with van der Waals surface area (Å²) >= 11 is 0. The molecule has 0 spiro atoms. The van der Waals surface area contributed by atoms with E-state index < -0.39 is 28.0 Å². The third kappa shape index (κ3) is 5.55. The van der Waals surface area contributed by atoms with Gasteiger partial charge in [0.2, 0.25) is 0 Å². The SMILES string of the molecule is CCCCCC(C(C)O)S(F)(F)(F)(F)F. The van der Waals surface area contributed by atoms with E-state index in [0.29, 0.717) is 12.8 Å². The van der Waals surface area contributed by atoms with Crippen molar-refractivity contribution in [3.8, 4) is 0 Å². The molecule has 0 saturated carbocycles. The van der Waals surface area contributed by atoms with E-state index >= 15 is 0 Å².